The van der Waals surface area contributed by atoms with Crippen LogP contribution in [0.2, 0.25) is 0 Å². The average molecular weight is 247 g/mol. The first kappa shape index (κ1) is 11.7. The largest absolute Gasteiger partial charge is 0.582 e. The highest BCUT2D eigenvalue weighted by Crippen LogP contribution is 2.11. The molecule has 4 heteroatoms. The molecule has 2 aromatic rings. The molecule has 0 aliphatic carbocycles. The Bertz CT molecular complexity index is 324. The molecule has 2 aromatic carbocycles. The van der Waals surface area contributed by atoms with Gasteiger partial charge in [0.15, 0.2) is 31.0 Å². The van der Waals surface area contributed by atoms with E-state index in [9.17, 15) is 0 Å². The van der Waals surface area contributed by atoms with Crippen molar-refractivity contribution in [1.29, 1.82) is 0 Å². The fourth-order valence-corrected chi connectivity index (χ4v) is 1.13. The van der Waals surface area contributed by atoms with E-state index in [1.165, 1.54) is 10.8 Å². The molecule has 1 nitrogen and oxygen atoms in total. The van der Waals surface area contributed by atoms with Gasteiger partial charge in [-0.25, -0.2) is 0 Å². The lowest BCUT2D eigenvalue weighted by Crippen LogP contribution is -1.67. The molecule has 0 spiro atoms. The summed E-state index contributed by atoms with van der Waals surface area (Å²) in [5.41, 5.74) is 0. The summed E-state index contributed by atoms with van der Waals surface area (Å²) in [5.74, 6) is 0. The Balaban J connectivity index is 0.000000213. The number of rotatable bonds is 0. The molecule has 0 bridgehead atoms. The fraction of sp³-hybridized carbons (Fsp3) is 0. The summed E-state index contributed by atoms with van der Waals surface area (Å²) >= 11 is 0. The number of hydrogen-bond acceptors (Lipinski definition) is 1. The van der Waals surface area contributed by atoms with Crippen molar-refractivity contribution < 1.29 is 4.55 Å². The van der Waals surface area contributed by atoms with Gasteiger partial charge in [0, 0.05) is 0 Å². The van der Waals surface area contributed by atoms with Crippen LogP contribution in [0.3, 0.4) is 0 Å². The second kappa shape index (κ2) is 6.14. The zero-order chi connectivity index (χ0) is 10.4. The minimum atomic E-state index is -1.67. The lowest BCUT2D eigenvalue weighted by Gasteiger charge is -1.92. The van der Waals surface area contributed by atoms with Gasteiger partial charge in [-0.15, -0.1) is 0 Å². The zero-order valence-corrected chi connectivity index (χ0v) is 9.52. The maximum absolute atomic E-state index is 9.09. The number of benzene rings is 2. The molecule has 0 saturated heterocycles. The van der Waals surface area contributed by atoms with Crippen molar-refractivity contribution >= 4 is 41.7 Å². The molecule has 0 aliphatic heterocycles. The summed E-state index contributed by atoms with van der Waals surface area (Å²) in [6.07, 6.45) is 0. The first-order chi connectivity index (χ1) is 6.70. The molecule has 14 heavy (non-hydrogen) atoms. The van der Waals surface area contributed by atoms with Crippen molar-refractivity contribution in [3.8, 4) is 0 Å². The Morgan fingerprint density at radius 1 is 0.786 bits per heavy atom. The van der Waals surface area contributed by atoms with Crippen molar-refractivity contribution in [2.45, 2.75) is 0 Å². The van der Waals surface area contributed by atoms with Crippen LogP contribution in [0.1, 0.15) is 0 Å². The highest BCUT2D eigenvalue weighted by atomic mass is 36.0. The molecule has 0 fully saturated rings. The monoisotopic (exact) mass is 246 g/mol. The van der Waals surface area contributed by atoms with Gasteiger partial charge in [0.25, 0.3) is 0 Å². The van der Waals surface area contributed by atoms with Crippen LogP contribution in [0.5, 0.6) is 0 Å². The average Bonchev–Trinajstić information content (AvgIpc) is 2.17. The van der Waals surface area contributed by atoms with Gasteiger partial charge in [-0.2, -0.15) is 0 Å². The fourth-order valence-electron chi connectivity index (χ4n) is 1.13. The summed E-state index contributed by atoms with van der Waals surface area (Å²) < 4.78 is 9.09. The van der Waals surface area contributed by atoms with Gasteiger partial charge < -0.3 is 4.55 Å². The van der Waals surface area contributed by atoms with Crippen molar-refractivity contribution in [1.82, 2.24) is 0 Å². The Kier molecular flexibility index (Phi) is 5.12. The topological polar surface area (TPSA) is 23.1 Å². The van der Waals surface area contributed by atoms with Crippen LogP contribution in [0.25, 0.3) is 10.8 Å². The van der Waals surface area contributed by atoms with Crippen LogP contribution in [0.4, 0.5) is 0 Å². The van der Waals surface area contributed by atoms with E-state index in [0.29, 0.717) is 0 Å². The van der Waals surface area contributed by atoms with Crippen molar-refractivity contribution in [2.75, 3.05) is 0 Å². The molecule has 74 valence electrons. The molecule has 0 aromatic heterocycles. The molecule has 0 N–H and O–H groups in total. The Morgan fingerprint density at radius 2 is 1.00 bits per heavy atom. The van der Waals surface area contributed by atoms with E-state index < -0.39 is 9.60 Å². The predicted molar refractivity (Wildman–Crippen MR) is 63.8 cm³/mol. The molecule has 0 atom stereocenters. The third-order valence-corrected chi connectivity index (χ3v) is 1.66. The van der Waals surface area contributed by atoms with Crippen LogP contribution in [-0.2, 0) is 9.60 Å². The van der Waals surface area contributed by atoms with E-state index in [-0.39, 0.29) is 0 Å². The van der Waals surface area contributed by atoms with E-state index in [1.54, 1.807) is 0 Å². The maximum Gasteiger partial charge on any atom is 0.198 e. The Morgan fingerprint density at radius 3 is 1.21 bits per heavy atom. The molecule has 0 aliphatic rings. The van der Waals surface area contributed by atoms with E-state index in [0.717, 1.165) is 0 Å². The van der Waals surface area contributed by atoms with Crippen LogP contribution >= 0.6 is 21.4 Å². The van der Waals surface area contributed by atoms with Crippen LogP contribution in [-0.4, -0.2) is 4.55 Å². The number of fused-ring (bicyclic) bond motifs is 1. The standard InChI is InChI=1S/C10H8.Cl2OS/c1-2-6-10-8-4-3-7-9(10)5-1;1-4(2)3/h1-8H;. The summed E-state index contributed by atoms with van der Waals surface area (Å²) in [6, 6.07) is 16.7. The summed E-state index contributed by atoms with van der Waals surface area (Å²) in [6.45, 7) is 0. The molecular formula is C10H8Cl2OS. The molecule has 2 rings (SSSR count). The Labute approximate surface area is 94.8 Å². The van der Waals surface area contributed by atoms with Crippen LogP contribution < -0.4 is 0 Å². The lowest BCUT2D eigenvalue weighted by molar-refractivity contribution is 0.620. The molecule has 0 amide bonds. The van der Waals surface area contributed by atoms with Gasteiger partial charge >= 0.3 is 0 Å². The first-order valence-electron chi connectivity index (χ1n) is 3.88. The second-order valence-corrected chi connectivity index (χ2v) is 5.06. The van der Waals surface area contributed by atoms with Crippen molar-refractivity contribution in [3.05, 3.63) is 48.5 Å². The maximum atomic E-state index is 9.09. The third-order valence-electron chi connectivity index (χ3n) is 1.66. The van der Waals surface area contributed by atoms with Gasteiger partial charge in [0.1, 0.15) is 0 Å². The van der Waals surface area contributed by atoms with E-state index in [1.807, 2.05) is 0 Å². The van der Waals surface area contributed by atoms with Crippen LogP contribution in [0, 0.1) is 0 Å². The summed E-state index contributed by atoms with van der Waals surface area (Å²) in [4.78, 5) is 0. The van der Waals surface area contributed by atoms with Crippen molar-refractivity contribution in [2.24, 2.45) is 0 Å². The first-order valence-corrected chi connectivity index (χ1v) is 6.68. The zero-order valence-electron chi connectivity index (χ0n) is 7.19. The summed E-state index contributed by atoms with van der Waals surface area (Å²) in [7, 11) is 7.36. The van der Waals surface area contributed by atoms with Crippen molar-refractivity contribution in [3.63, 3.8) is 0 Å². The van der Waals surface area contributed by atoms with E-state index in [2.05, 4.69) is 69.9 Å². The van der Waals surface area contributed by atoms with Crippen LogP contribution in [0.15, 0.2) is 48.5 Å². The molecular weight excluding hydrogens is 239 g/mol. The SMILES string of the molecule is [O-][S+](Cl)Cl.c1ccc2ccccc2c1. The normalized spacial score (nSPS) is 9.71. The predicted octanol–water partition coefficient (Wildman–Crippen LogP) is 3.88. The van der Waals surface area contributed by atoms with Gasteiger partial charge in [0.05, 0.1) is 0 Å². The van der Waals surface area contributed by atoms with E-state index >= 15 is 0 Å². The Hall–Kier alpha value is -0.410. The quantitative estimate of drug-likeness (QED) is 0.648. The van der Waals surface area contributed by atoms with Gasteiger partial charge in [0.2, 0.25) is 0 Å². The second-order valence-electron chi connectivity index (χ2n) is 2.53. The van der Waals surface area contributed by atoms with Gasteiger partial charge in [-0.05, 0) is 10.8 Å². The van der Waals surface area contributed by atoms with E-state index in [4.69, 9.17) is 4.55 Å². The highest BCUT2D eigenvalue weighted by Gasteiger charge is 1.85. The number of halogens is 2. The number of hydrogen-bond donors (Lipinski definition) is 0. The van der Waals surface area contributed by atoms with Gasteiger partial charge in [-0.1, -0.05) is 48.5 Å². The highest BCUT2D eigenvalue weighted by molar-refractivity contribution is 8.31. The molecule has 0 unspecified atom stereocenters. The molecule has 0 saturated carbocycles. The molecule has 0 radical (unpaired) electrons. The third kappa shape index (κ3) is 4.20. The lowest BCUT2D eigenvalue weighted by atomic mass is 10.1. The smallest absolute Gasteiger partial charge is 0.198 e. The minimum Gasteiger partial charge on any atom is -0.582 e. The summed E-state index contributed by atoms with van der Waals surface area (Å²) in [5, 5.41) is 2.62. The molecule has 0 heterocycles. The minimum absolute atomic E-state index is 1.31. The van der Waals surface area contributed by atoms with Gasteiger partial charge in [-0.3, -0.25) is 0 Å².